The standard InChI is InChI=1S/C13H26N2O/c1-10(2)5-11(3,4)7-12(14,6-10)13(16)8-15-9-13/h15-16H,5-9,14H2,1-4H3. The van der Waals surface area contributed by atoms with Crippen LogP contribution in [-0.2, 0) is 0 Å². The van der Waals surface area contributed by atoms with Crippen LogP contribution in [0.4, 0.5) is 0 Å². The Morgan fingerprint density at radius 2 is 1.38 bits per heavy atom. The fourth-order valence-corrected chi connectivity index (χ4v) is 4.23. The molecule has 3 nitrogen and oxygen atoms in total. The molecule has 0 aromatic rings. The molecule has 1 aliphatic heterocycles. The molecule has 0 unspecified atom stereocenters. The Morgan fingerprint density at radius 1 is 0.938 bits per heavy atom. The second-order valence-electron chi connectivity index (χ2n) is 7.65. The zero-order valence-corrected chi connectivity index (χ0v) is 11.1. The van der Waals surface area contributed by atoms with E-state index in [1.165, 1.54) is 6.42 Å². The van der Waals surface area contributed by atoms with Crippen LogP contribution in [0.15, 0.2) is 0 Å². The third kappa shape index (κ3) is 1.89. The summed E-state index contributed by atoms with van der Waals surface area (Å²) < 4.78 is 0. The van der Waals surface area contributed by atoms with E-state index >= 15 is 0 Å². The van der Waals surface area contributed by atoms with Crippen molar-refractivity contribution in [3.05, 3.63) is 0 Å². The summed E-state index contributed by atoms with van der Waals surface area (Å²) in [4.78, 5) is 0. The van der Waals surface area contributed by atoms with Gasteiger partial charge in [-0.05, 0) is 30.1 Å². The monoisotopic (exact) mass is 226 g/mol. The summed E-state index contributed by atoms with van der Waals surface area (Å²) in [6.45, 7) is 10.4. The van der Waals surface area contributed by atoms with Crippen molar-refractivity contribution in [3.8, 4) is 0 Å². The van der Waals surface area contributed by atoms with Gasteiger partial charge in [-0.2, -0.15) is 0 Å². The fraction of sp³-hybridized carbons (Fsp3) is 1.00. The van der Waals surface area contributed by atoms with Crippen LogP contribution in [0.1, 0.15) is 47.0 Å². The van der Waals surface area contributed by atoms with E-state index in [0.29, 0.717) is 13.1 Å². The summed E-state index contributed by atoms with van der Waals surface area (Å²) in [5, 5.41) is 13.7. The summed E-state index contributed by atoms with van der Waals surface area (Å²) >= 11 is 0. The lowest BCUT2D eigenvalue weighted by atomic mass is 9.53. The van der Waals surface area contributed by atoms with Gasteiger partial charge in [0.2, 0.25) is 0 Å². The van der Waals surface area contributed by atoms with Crippen molar-refractivity contribution in [2.24, 2.45) is 16.6 Å². The lowest BCUT2D eigenvalue weighted by molar-refractivity contribution is -0.125. The molecule has 0 amide bonds. The Morgan fingerprint density at radius 3 is 1.69 bits per heavy atom. The molecular weight excluding hydrogens is 200 g/mol. The molecule has 1 saturated carbocycles. The Hall–Kier alpha value is -0.120. The van der Waals surface area contributed by atoms with Gasteiger partial charge in [-0.1, -0.05) is 27.7 Å². The van der Waals surface area contributed by atoms with Gasteiger partial charge in [-0.25, -0.2) is 0 Å². The van der Waals surface area contributed by atoms with Crippen LogP contribution >= 0.6 is 0 Å². The van der Waals surface area contributed by atoms with Crippen molar-refractivity contribution in [1.29, 1.82) is 0 Å². The Labute approximate surface area is 98.8 Å². The van der Waals surface area contributed by atoms with E-state index in [0.717, 1.165) is 12.8 Å². The first-order valence-electron chi connectivity index (χ1n) is 6.30. The van der Waals surface area contributed by atoms with Crippen LogP contribution in [0.5, 0.6) is 0 Å². The highest BCUT2D eigenvalue weighted by Gasteiger charge is 2.58. The van der Waals surface area contributed by atoms with Crippen molar-refractivity contribution in [2.75, 3.05) is 13.1 Å². The lowest BCUT2D eigenvalue weighted by Gasteiger charge is -2.59. The van der Waals surface area contributed by atoms with E-state index < -0.39 is 11.1 Å². The number of nitrogens with two attached hydrogens (primary N) is 1. The van der Waals surface area contributed by atoms with Crippen molar-refractivity contribution >= 4 is 0 Å². The molecule has 2 rings (SSSR count). The molecule has 2 aliphatic rings. The second kappa shape index (κ2) is 3.21. The Bertz CT molecular complexity index is 276. The number of nitrogens with one attached hydrogen (secondary N) is 1. The average Bonchev–Trinajstić information content (AvgIpc) is 1.92. The molecule has 0 aromatic carbocycles. The molecule has 3 heteroatoms. The first-order chi connectivity index (χ1) is 7.08. The van der Waals surface area contributed by atoms with Crippen molar-refractivity contribution < 1.29 is 5.11 Å². The quantitative estimate of drug-likeness (QED) is 0.631. The predicted molar refractivity (Wildman–Crippen MR) is 66.2 cm³/mol. The van der Waals surface area contributed by atoms with Gasteiger partial charge in [0, 0.05) is 18.6 Å². The molecule has 0 atom stereocenters. The first kappa shape index (κ1) is 12.3. The van der Waals surface area contributed by atoms with Crippen LogP contribution in [-0.4, -0.2) is 29.3 Å². The number of aliphatic hydroxyl groups is 1. The summed E-state index contributed by atoms with van der Waals surface area (Å²) in [6.07, 6.45) is 3.02. The number of hydrogen-bond acceptors (Lipinski definition) is 3. The molecule has 16 heavy (non-hydrogen) atoms. The highest BCUT2D eigenvalue weighted by atomic mass is 16.3. The Balaban J connectivity index is 2.27. The molecule has 1 aliphatic carbocycles. The van der Waals surface area contributed by atoms with Crippen LogP contribution in [0, 0.1) is 10.8 Å². The van der Waals surface area contributed by atoms with E-state index in [1.807, 2.05) is 0 Å². The molecule has 1 heterocycles. The third-order valence-corrected chi connectivity index (χ3v) is 4.31. The van der Waals surface area contributed by atoms with Gasteiger partial charge in [0.15, 0.2) is 0 Å². The minimum atomic E-state index is -0.692. The Kier molecular flexibility index (Phi) is 2.48. The maximum Gasteiger partial charge on any atom is 0.107 e. The summed E-state index contributed by atoms with van der Waals surface area (Å²) in [5.74, 6) is 0. The van der Waals surface area contributed by atoms with Crippen molar-refractivity contribution in [2.45, 2.75) is 58.1 Å². The van der Waals surface area contributed by atoms with Gasteiger partial charge in [-0.3, -0.25) is 0 Å². The topological polar surface area (TPSA) is 58.3 Å². The molecule has 1 saturated heterocycles. The first-order valence-corrected chi connectivity index (χ1v) is 6.30. The van der Waals surface area contributed by atoms with Crippen LogP contribution < -0.4 is 11.1 Å². The van der Waals surface area contributed by atoms with E-state index in [4.69, 9.17) is 5.73 Å². The SMILES string of the molecule is CC1(C)CC(C)(C)CC(N)(C2(O)CNC2)C1. The highest BCUT2D eigenvalue weighted by Crippen LogP contribution is 2.52. The van der Waals surface area contributed by atoms with E-state index in [-0.39, 0.29) is 10.8 Å². The average molecular weight is 226 g/mol. The minimum absolute atomic E-state index is 0.224. The molecule has 2 fully saturated rings. The minimum Gasteiger partial charge on any atom is -0.385 e. The molecule has 0 bridgehead atoms. The molecule has 0 spiro atoms. The van der Waals surface area contributed by atoms with Crippen LogP contribution in [0.2, 0.25) is 0 Å². The van der Waals surface area contributed by atoms with Gasteiger partial charge in [0.25, 0.3) is 0 Å². The van der Waals surface area contributed by atoms with E-state index in [1.54, 1.807) is 0 Å². The number of hydrogen-bond donors (Lipinski definition) is 3. The normalized spacial score (nSPS) is 34.1. The van der Waals surface area contributed by atoms with Crippen LogP contribution in [0.25, 0.3) is 0 Å². The highest BCUT2D eigenvalue weighted by molar-refractivity contribution is 5.16. The summed E-state index contributed by atoms with van der Waals surface area (Å²) in [6, 6.07) is 0. The molecule has 0 aromatic heterocycles. The van der Waals surface area contributed by atoms with E-state index in [2.05, 4.69) is 33.0 Å². The maximum absolute atomic E-state index is 10.6. The van der Waals surface area contributed by atoms with Gasteiger partial charge in [0.05, 0.1) is 0 Å². The largest absolute Gasteiger partial charge is 0.385 e. The third-order valence-electron chi connectivity index (χ3n) is 4.31. The zero-order valence-electron chi connectivity index (χ0n) is 11.1. The smallest absolute Gasteiger partial charge is 0.107 e. The summed E-state index contributed by atoms with van der Waals surface area (Å²) in [5.41, 5.74) is 5.89. The lowest BCUT2D eigenvalue weighted by Crippen LogP contribution is -2.77. The van der Waals surface area contributed by atoms with Crippen LogP contribution in [0.3, 0.4) is 0 Å². The molecule has 4 N–H and O–H groups in total. The fourth-order valence-electron chi connectivity index (χ4n) is 4.23. The van der Waals surface area contributed by atoms with Gasteiger partial charge in [-0.15, -0.1) is 0 Å². The molecular formula is C13H26N2O. The van der Waals surface area contributed by atoms with Crippen molar-refractivity contribution in [3.63, 3.8) is 0 Å². The van der Waals surface area contributed by atoms with Crippen molar-refractivity contribution in [1.82, 2.24) is 5.32 Å². The zero-order chi connectivity index (χ0) is 12.2. The summed E-state index contributed by atoms with van der Waals surface area (Å²) in [7, 11) is 0. The number of β-amino-alcohol motifs (C(OH)–C–C–N with tert-alkyl or cyclic N) is 1. The number of rotatable bonds is 1. The second-order valence-corrected chi connectivity index (χ2v) is 7.65. The van der Waals surface area contributed by atoms with E-state index in [9.17, 15) is 5.11 Å². The van der Waals surface area contributed by atoms with Gasteiger partial charge < -0.3 is 16.2 Å². The molecule has 94 valence electrons. The van der Waals surface area contributed by atoms with Gasteiger partial charge in [0.1, 0.15) is 5.60 Å². The molecule has 0 radical (unpaired) electrons. The van der Waals surface area contributed by atoms with Gasteiger partial charge >= 0.3 is 0 Å². The maximum atomic E-state index is 10.6. The predicted octanol–water partition coefficient (Wildman–Crippen LogP) is 1.25.